The summed E-state index contributed by atoms with van der Waals surface area (Å²) >= 11 is 2.41. The highest BCUT2D eigenvalue weighted by Crippen LogP contribution is 2.23. The van der Waals surface area contributed by atoms with Gasteiger partial charge in [0.05, 0.1) is 12.2 Å². The Hall–Kier alpha value is -0.0900. The fourth-order valence-electron chi connectivity index (χ4n) is 2.08. The second-order valence-corrected chi connectivity index (χ2v) is 5.73. The highest BCUT2D eigenvalue weighted by Gasteiger charge is 2.13. The van der Waals surface area contributed by atoms with Crippen LogP contribution in [0, 0.1) is 0 Å². The highest BCUT2D eigenvalue weighted by atomic mass is 127. The second-order valence-electron chi connectivity index (χ2n) is 4.85. The molecule has 0 fully saturated rings. The molecule has 0 N–H and O–H groups in total. The molecule has 2 heteroatoms. The molecule has 2 unspecified atom stereocenters. The molecule has 1 nitrogen and oxygen atoms in total. The molecule has 1 aromatic carbocycles. The zero-order valence-corrected chi connectivity index (χ0v) is 13.7. The number of halogens is 1. The van der Waals surface area contributed by atoms with Crippen LogP contribution in [0.5, 0.6) is 0 Å². The van der Waals surface area contributed by atoms with Crippen LogP contribution in [0.1, 0.15) is 57.6 Å². The van der Waals surface area contributed by atoms with E-state index in [0.717, 1.165) is 4.43 Å². The molecule has 0 aliphatic heterocycles. The van der Waals surface area contributed by atoms with Gasteiger partial charge in [-0.25, -0.2) is 0 Å². The Labute approximate surface area is 125 Å². The Morgan fingerprint density at radius 2 is 1.83 bits per heavy atom. The van der Waals surface area contributed by atoms with Crippen LogP contribution in [0.4, 0.5) is 0 Å². The number of hydrogen-bond donors (Lipinski definition) is 0. The highest BCUT2D eigenvalue weighted by molar-refractivity contribution is 14.1. The summed E-state index contributed by atoms with van der Waals surface area (Å²) < 4.78 is 7.17. The molecule has 0 heterocycles. The van der Waals surface area contributed by atoms with E-state index in [1.807, 2.05) is 0 Å². The van der Waals surface area contributed by atoms with Crippen LogP contribution < -0.4 is 0 Å². The van der Waals surface area contributed by atoms with E-state index in [0.29, 0.717) is 6.10 Å². The third-order valence-corrected chi connectivity index (χ3v) is 3.97. The first kappa shape index (κ1) is 16.0. The largest absolute Gasteiger partial charge is 0.370 e. The maximum Gasteiger partial charge on any atom is 0.0917 e. The van der Waals surface area contributed by atoms with Gasteiger partial charge < -0.3 is 4.74 Å². The normalized spacial score (nSPS) is 14.4. The number of unbranched alkanes of at least 4 members (excludes halogenated alkanes) is 3. The first-order valence-corrected chi connectivity index (χ1v) is 8.56. The molecule has 0 saturated heterocycles. The fourth-order valence-corrected chi connectivity index (χ4v) is 2.79. The fraction of sp³-hybridized carbons (Fsp3) is 0.625. The average Bonchev–Trinajstić information content (AvgIpc) is 2.42. The van der Waals surface area contributed by atoms with Crippen molar-refractivity contribution in [2.45, 2.75) is 58.2 Å². The molecule has 0 aromatic heterocycles. The van der Waals surface area contributed by atoms with Gasteiger partial charge in [0.25, 0.3) is 0 Å². The zero-order valence-electron chi connectivity index (χ0n) is 11.6. The lowest BCUT2D eigenvalue weighted by molar-refractivity contribution is 0.00583. The van der Waals surface area contributed by atoms with Gasteiger partial charge >= 0.3 is 0 Å². The van der Waals surface area contributed by atoms with Crippen LogP contribution in [-0.2, 0) is 4.74 Å². The average molecular weight is 360 g/mol. The van der Waals surface area contributed by atoms with Gasteiger partial charge in [-0.15, -0.1) is 0 Å². The van der Waals surface area contributed by atoms with Crippen LogP contribution >= 0.6 is 22.6 Å². The molecule has 1 rings (SSSR count). The molecule has 0 aliphatic carbocycles. The first-order chi connectivity index (χ1) is 8.77. The smallest absolute Gasteiger partial charge is 0.0917 e. The molecule has 102 valence electrons. The second kappa shape index (κ2) is 9.79. The topological polar surface area (TPSA) is 9.23 Å². The van der Waals surface area contributed by atoms with Crippen LogP contribution in [0.3, 0.4) is 0 Å². The van der Waals surface area contributed by atoms with E-state index in [4.69, 9.17) is 4.74 Å². The minimum Gasteiger partial charge on any atom is -0.370 e. The summed E-state index contributed by atoms with van der Waals surface area (Å²) in [5, 5.41) is 0. The summed E-state index contributed by atoms with van der Waals surface area (Å²) in [6, 6.07) is 10.6. The minimum atomic E-state index is 0.243. The predicted octanol–water partition coefficient (Wildman–Crippen LogP) is 5.54. The molecule has 0 radical (unpaired) electrons. The quantitative estimate of drug-likeness (QED) is 0.319. The van der Waals surface area contributed by atoms with E-state index in [1.54, 1.807) is 0 Å². The Kier molecular flexibility index (Phi) is 8.68. The number of ether oxygens (including phenoxy) is 1. The van der Waals surface area contributed by atoms with Crippen molar-refractivity contribution in [3.8, 4) is 0 Å². The summed E-state index contributed by atoms with van der Waals surface area (Å²) in [4.78, 5) is 0. The molecule has 0 bridgehead atoms. The van der Waals surface area contributed by atoms with E-state index in [1.165, 1.54) is 37.7 Å². The van der Waals surface area contributed by atoms with E-state index in [-0.39, 0.29) is 6.10 Å². The minimum absolute atomic E-state index is 0.243. The SMILES string of the molecule is CCCCCCC(C)OC(CI)c1ccccc1. The molecular formula is C16H25IO. The number of alkyl halides is 1. The van der Waals surface area contributed by atoms with Gasteiger partial charge in [0.15, 0.2) is 0 Å². The maximum absolute atomic E-state index is 6.16. The van der Waals surface area contributed by atoms with Crippen molar-refractivity contribution in [3.05, 3.63) is 35.9 Å². The first-order valence-electron chi connectivity index (χ1n) is 7.04. The molecule has 1 aromatic rings. The predicted molar refractivity (Wildman–Crippen MR) is 87.4 cm³/mol. The number of benzene rings is 1. The van der Waals surface area contributed by atoms with Crippen LogP contribution in [-0.4, -0.2) is 10.5 Å². The zero-order chi connectivity index (χ0) is 13.2. The van der Waals surface area contributed by atoms with Gasteiger partial charge in [-0.05, 0) is 18.9 Å². The third-order valence-electron chi connectivity index (χ3n) is 3.17. The monoisotopic (exact) mass is 360 g/mol. The molecule has 0 amide bonds. The van der Waals surface area contributed by atoms with Crippen molar-refractivity contribution >= 4 is 22.6 Å². The van der Waals surface area contributed by atoms with E-state index < -0.39 is 0 Å². The number of rotatable bonds is 9. The standard InChI is InChI=1S/C16H25IO/c1-3-4-5-7-10-14(2)18-16(13-17)15-11-8-6-9-12-15/h6,8-9,11-12,14,16H,3-5,7,10,13H2,1-2H3. The van der Waals surface area contributed by atoms with Crippen molar-refractivity contribution in [3.63, 3.8) is 0 Å². The summed E-state index contributed by atoms with van der Waals surface area (Å²) in [5.74, 6) is 0. The van der Waals surface area contributed by atoms with Gasteiger partial charge in [0.2, 0.25) is 0 Å². The molecular weight excluding hydrogens is 335 g/mol. The van der Waals surface area contributed by atoms with E-state index in [2.05, 4.69) is 66.8 Å². The Morgan fingerprint density at radius 3 is 2.44 bits per heavy atom. The van der Waals surface area contributed by atoms with Crippen LogP contribution in [0.25, 0.3) is 0 Å². The molecule has 0 saturated carbocycles. The van der Waals surface area contributed by atoms with Crippen molar-refractivity contribution in [2.75, 3.05) is 4.43 Å². The van der Waals surface area contributed by atoms with Crippen LogP contribution in [0.2, 0.25) is 0 Å². The van der Waals surface area contributed by atoms with Gasteiger partial charge in [-0.3, -0.25) is 0 Å². The molecule has 18 heavy (non-hydrogen) atoms. The third kappa shape index (κ3) is 6.19. The molecule has 0 aliphatic rings. The van der Waals surface area contributed by atoms with Crippen LogP contribution in [0.15, 0.2) is 30.3 Å². The van der Waals surface area contributed by atoms with Gasteiger partial charge in [0.1, 0.15) is 0 Å². The van der Waals surface area contributed by atoms with E-state index in [9.17, 15) is 0 Å². The Morgan fingerprint density at radius 1 is 1.11 bits per heavy atom. The van der Waals surface area contributed by atoms with Gasteiger partial charge in [0, 0.05) is 4.43 Å². The molecule has 2 atom stereocenters. The summed E-state index contributed by atoms with van der Waals surface area (Å²) in [5.41, 5.74) is 1.30. The Bertz CT molecular complexity index is 299. The lowest BCUT2D eigenvalue weighted by Gasteiger charge is -2.21. The van der Waals surface area contributed by atoms with Crippen molar-refractivity contribution in [1.82, 2.24) is 0 Å². The summed E-state index contributed by atoms with van der Waals surface area (Å²) in [6.45, 7) is 4.45. The van der Waals surface area contributed by atoms with E-state index >= 15 is 0 Å². The van der Waals surface area contributed by atoms with Crippen molar-refractivity contribution in [2.24, 2.45) is 0 Å². The summed E-state index contributed by atoms with van der Waals surface area (Å²) in [7, 11) is 0. The van der Waals surface area contributed by atoms with Gasteiger partial charge in [-0.1, -0.05) is 85.5 Å². The van der Waals surface area contributed by atoms with Crippen molar-refractivity contribution < 1.29 is 4.74 Å². The number of hydrogen-bond acceptors (Lipinski definition) is 1. The van der Waals surface area contributed by atoms with Gasteiger partial charge in [-0.2, -0.15) is 0 Å². The lowest BCUT2D eigenvalue weighted by Crippen LogP contribution is -2.14. The summed E-state index contributed by atoms with van der Waals surface area (Å²) in [6.07, 6.45) is 7.06. The molecule has 0 spiro atoms. The Balaban J connectivity index is 2.34. The van der Waals surface area contributed by atoms with Crippen molar-refractivity contribution in [1.29, 1.82) is 0 Å². The maximum atomic E-state index is 6.16. The lowest BCUT2D eigenvalue weighted by atomic mass is 10.1.